The van der Waals surface area contributed by atoms with E-state index >= 15 is 0 Å². The number of allylic oxidation sites excluding steroid dienone is 10. The number of ether oxygens (including phenoxy) is 3. The van der Waals surface area contributed by atoms with Gasteiger partial charge in [0.05, 0.1) is 0 Å². The lowest BCUT2D eigenvalue weighted by atomic mass is 10.1. The predicted molar refractivity (Wildman–Crippen MR) is 242 cm³/mol. The second kappa shape index (κ2) is 45.8. The molecule has 0 N–H and O–H groups in total. The van der Waals surface area contributed by atoms with Gasteiger partial charge in [-0.3, -0.25) is 14.4 Å². The summed E-state index contributed by atoms with van der Waals surface area (Å²) in [6.45, 7) is 6.42. The summed E-state index contributed by atoms with van der Waals surface area (Å²) in [6.07, 6.45) is 54.9. The monoisotopic (exact) mass is 797 g/mol. The average molecular weight is 797 g/mol. The van der Waals surface area contributed by atoms with E-state index in [4.69, 9.17) is 14.2 Å². The summed E-state index contributed by atoms with van der Waals surface area (Å²) in [6, 6.07) is 0. The topological polar surface area (TPSA) is 78.9 Å². The van der Waals surface area contributed by atoms with Gasteiger partial charge < -0.3 is 14.2 Å². The highest BCUT2D eigenvalue weighted by molar-refractivity contribution is 5.71. The SMILES string of the molecule is CC\C=C/C=C\C=C/CCCCCCCCCC(=O)OCC(COC(=O)CCCCCC/C=C\CCCC)OC(=O)CCCCC/C=C\CCCCCCCCC. The molecule has 1 atom stereocenters. The Balaban J connectivity index is 4.41. The van der Waals surface area contributed by atoms with Crippen LogP contribution >= 0.6 is 0 Å². The van der Waals surface area contributed by atoms with Crippen LogP contribution in [0.25, 0.3) is 0 Å². The lowest BCUT2D eigenvalue weighted by Gasteiger charge is -2.18. The van der Waals surface area contributed by atoms with Crippen LogP contribution in [0.2, 0.25) is 0 Å². The number of unbranched alkanes of at least 4 members (excludes halogenated alkanes) is 23. The van der Waals surface area contributed by atoms with Gasteiger partial charge in [-0.15, -0.1) is 0 Å². The zero-order valence-electron chi connectivity index (χ0n) is 37.3. The number of hydrogen-bond donors (Lipinski definition) is 0. The summed E-state index contributed by atoms with van der Waals surface area (Å²) in [5.41, 5.74) is 0. The zero-order chi connectivity index (χ0) is 41.5. The largest absolute Gasteiger partial charge is 0.462 e. The summed E-state index contributed by atoms with van der Waals surface area (Å²) >= 11 is 0. The van der Waals surface area contributed by atoms with Crippen molar-refractivity contribution in [3.63, 3.8) is 0 Å². The third-order valence-electron chi connectivity index (χ3n) is 10.0. The minimum absolute atomic E-state index is 0.0904. The molecule has 0 bridgehead atoms. The van der Waals surface area contributed by atoms with E-state index in [1.54, 1.807) is 0 Å². The van der Waals surface area contributed by atoms with Crippen molar-refractivity contribution in [2.45, 2.75) is 232 Å². The van der Waals surface area contributed by atoms with Gasteiger partial charge in [-0.2, -0.15) is 0 Å². The lowest BCUT2D eigenvalue weighted by molar-refractivity contribution is -0.167. The summed E-state index contributed by atoms with van der Waals surface area (Å²) in [5.74, 6) is -0.933. The fraction of sp³-hybridized carbons (Fsp3) is 0.745. The Bertz CT molecular complexity index is 1050. The van der Waals surface area contributed by atoms with Crippen molar-refractivity contribution < 1.29 is 28.6 Å². The van der Waals surface area contributed by atoms with Crippen molar-refractivity contribution in [2.24, 2.45) is 0 Å². The molecule has 328 valence electrons. The average Bonchev–Trinajstić information content (AvgIpc) is 3.21. The Hall–Kier alpha value is -2.89. The van der Waals surface area contributed by atoms with Gasteiger partial charge >= 0.3 is 17.9 Å². The minimum atomic E-state index is -0.789. The van der Waals surface area contributed by atoms with Crippen molar-refractivity contribution in [3.05, 3.63) is 60.8 Å². The van der Waals surface area contributed by atoms with Crippen LogP contribution in [0.15, 0.2) is 60.8 Å². The number of esters is 3. The molecule has 0 saturated carbocycles. The van der Waals surface area contributed by atoms with Gasteiger partial charge in [0.25, 0.3) is 0 Å². The molecule has 0 aromatic heterocycles. The Labute approximate surface area is 351 Å². The maximum atomic E-state index is 12.7. The fourth-order valence-electron chi connectivity index (χ4n) is 6.42. The highest BCUT2D eigenvalue weighted by Gasteiger charge is 2.19. The highest BCUT2D eigenvalue weighted by Crippen LogP contribution is 2.13. The Morgan fingerprint density at radius 3 is 1.18 bits per heavy atom. The highest BCUT2D eigenvalue weighted by atomic mass is 16.6. The molecule has 0 radical (unpaired) electrons. The van der Waals surface area contributed by atoms with Crippen LogP contribution in [0.4, 0.5) is 0 Å². The smallest absolute Gasteiger partial charge is 0.306 e. The third-order valence-corrected chi connectivity index (χ3v) is 10.0. The lowest BCUT2D eigenvalue weighted by Crippen LogP contribution is -2.30. The molecule has 0 heterocycles. The molecular weight excluding hydrogens is 709 g/mol. The van der Waals surface area contributed by atoms with Gasteiger partial charge in [0, 0.05) is 19.3 Å². The molecule has 57 heavy (non-hydrogen) atoms. The second-order valence-electron chi connectivity index (χ2n) is 15.7. The van der Waals surface area contributed by atoms with Crippen LogP contribution in [0, 0.1) is 0 Å². The van der Waals surface area contributed by atoms with Crippen LogP contribution in [-0.2, 0) is 28.6 Å². The Morgan fingerprint density at radius 1 is 0.368 bits per heavy atom. The zero-order valence-corrected chi connectivity index (χ0v) is 37.3. The first-order valence-corrected chi connectivity index (χ1v) is 23.8. The van der Waals surface area contributed by atoms with Crippen molar-refractivity contribution in [1.29, 1.82) is 0 Å². The second-order valence-corrected chi connectivity index (χ2v) is 15.7. The number of carbonyl (C=O) groups is 3. The number of carbonyl (C=O) groups excluding carboxylic acids is 3. The van der Waals surface area contributed by atoms with Gasteiger partial charge in [-0.05, 0) is 83.5 Å². The number of hydrogen-bond acceptors (Lipinski definition) is 6. The first-order valence-electron chi connectivity index (χ1n) is 23.8. The molecule has 1 unspecified atom stereocenters. The van der Waals surface area contributed by atoms with Crippen LogP contribution in [-0.4, -0.2) is 37.2 Å². The molecule has 0 spiro atoms. The van der Waals surface area contributed by atoms with Crippen molar-refractivity contribution >= 4 is 17.9 Å². The molecule has 0 saturated heterocycles. The van der Waals surface area contributed by atoms with Gasteiger partial charge in [0.2, 0.25) is 0 Å². The van der Waals surface area contributed by atoms with Crippen LogP contribution in [0.3, 0.4) is 0 Å². The van der Waals surface area contributed by atoms with Crippen molar-refractivity contribution in [3.8, 4) is 0 Å². The number of rotatable bonds is 42. The summed E-state index contributed by atoms with van der Waals surface area (Å²) in [5, 5.41) is 0. The maximum absolute atomic E-state index is 12.7. The van der Waals surface area contributed by atoms with Crippen LogP contribution in [0.1, 0.15) is 226 Å². The van der Waals surface area contributed by atoms with Gasteiger partial charge in [0.1, 0.15) is 13.2 Å². The predicted octanol–water partition coefficient (Wildman–Crippen LogP) is 15.3. The first-order chi connectivity index (χ1) is 28.0. The van der Waals surface area contributed by atoms with Gasteiger partial charge in [-0.25, -0.2) is 0 Å². The molecule has 0 aromatic rings. The molecule has 0 amide bonds. The van der Waals surface area contributed by atoms with E-state index in [2.05, 4.69) is 81.5 Å². The van der Waals surface area contributed by atoms with E-state index in [0.29, 0.717) is 19.3 Å². The quantitative estimate of drug-likeness (QED) is 0.0201. The van der Waals surface area contributed by atoms with Crippen molar-refractivity contribution in [2.75, 3.05) is 13.2 Å². The van der Waals surface area contributed by atoms with Crippen molar-refractivity contribution in [1.82, 2.24) is 0 Å². The van der Waals surface area contributed by atoms with E-state index in [1.165, 1.54) is 83.5 Å². The molecule has 0 rings (SSSR count). The van der Waals surface area contributed by atoms with E-state index in [-0.39, 0.29) is 31.1 Å². The molecule has 6 nitrogen and oxygen atoms in total. The van der Waals surface area contributed by atoms with Gasteiger partial charge in [-0.1, -0.05) is 184 Å². The molecule has 0 fully saturated rings. The minimum Gasteiger partial charge on any atom is -0.462 e. The first kappa shape index (κ1) is 54.1. The van der Waals surface area contributed by atoms with Crippen LogP contribution in [0.5, 0.6) is 0 Å². The van der Waals surface area contributed by atoms with E-state index < -0.39 is 6.10 Å². The molecular formula is C51H88O6. The van der Waals surface area contributed by atoms with Crippen LogP contribution < -0.4 is 0 Å². The van der Waals surface area contributed by atoms with E-state index in [0.717, 1.165) is 103 Å². The molecule has 0 aromatic carbocycles. The summed E-state index contributed by atoms with van der Waals surface area (Å²) < 4.78 is 16.7. The summed E-state index contributed by atoms with van der Waals surface area (Å²) in [7, 11) is 0. The Kier molecular flexibility index (Phi) is 43.5. The van der Waals surface area contributed by atoms with E-state index in [1.807, 2.05) is 0 Å². The standard InChI is InChI=1S/C51H88O6/c1-4-7-10-13-16-19-22-24-26-28-29-32-35-38-41-44-50(53)56-47-48(46-55-49(52)43-40-37-34-31-21-18-15-12-9-6-3)57-51(54)45-42-39-36-33-30-27-25-23-20-17-14-11-8-5-2/h7,10,13,15-16,18-19,22,27,30,48H,4-6,8-9,11-12,14,17,20-21,23-26,28-29,31-47H2,1-3H3/b10-7-,16-13-,18-15-,22-19-,30-27-. The third kappa shape index (κ3) is 44.1. The maximum Gasteiger partial charge on any atom is 0.306 e. The molecule has 0 aliphatic heterocycles. The fourth-order valence-corrected chi connectivity index (χ4v) is 6.42. The molecule has 6 heteroatoms. The molecule has 0 aliphatic rings. The summed E-state index contributed by atoms with van der Waals surface area (Å²) in [4.78, 5) is 37.8. The van der Waals surface area contributed by atoms with E-state index in [9.17, 15) is 14.4 Å². The van der Waals surface area contributed by atoms with Gasteiger partial charge in [0.15, 0.2) is 6.10 Å². The normalized spacial score (nSPS) is 12.5. The molecule has 0 aliphatic carbocycles. The Morgan fingerprint density at radius 2 is 0.719 bits per heavy atom.